The summed E-state index contributed by atoms with van der Waals surface area (Å²) in [6.07, 6.45) is 0.215. The third kappa shape index (κ3) is 5.33. The normalized spacial score (nSPS) is 14.1. The summed E-state index contributed by atoms with van der Waals surface area (Å²) < 4.78 is 37.6. The summed E-state index contributed by atoms with van der Waals surface area (Å²) in [5.74, 6) is 0.444. The molecule has 190 valence electrons. The Morgan fingerprint density at radius 3 is 2.67 bits per heavy atom. The van der Waals surface area contributed by atoms with Crippen LogP contribution in [0.5, 0.6) is 17.2 Å². The monoisotopic (exact) mass is 496 g/mol. The molecule has 0 saturated carbocycles. The fourth-order valence-corrected chi connectivity index (χ4v) is 4.03. The van der Waals surface area contributed by atoms with Gasteiger partial charge in [0, 0.05) is 42.8 Å². The van der Waals surface area contributed by atoms with E-state index in [9.17, 15) is 4.79 Å². The largest absolute Gasteiger partial charge is 0.493 e. The maximum absolute atomic E-state index is 15.1. The number of carbonyl (C=O) groups excluding carboxylic acids is 1. The Morgan fingerprint density at radius 1 is 1.19 bits per heavy atom. The SMILES string of the molecule is C=Nc1cc(OCCC(=O)N2CCOCC2)c(OC)cc1C(=NC)Oc1ccc2[nH]c(C)cc2c1F. The molecule has 36 heavy (non-hydrogen) atoms. The van der Waals surface area contributed by atoms with Gasteiger partial charge in [0.2, 0.25) is 11.8 Å². The lowest BCUT2D eigenvalue weighted by Gasteiger charge is -2.26. The molecular formula is C26H29FN4O5. The van der Waals surface area contributed by atoms with Gasteiger partial charge in [0.1, 0.15) is 0 Å². The fourth-order valence-electron chi connectivity index (χ4n) is 4.03. The van der Waals surface area contributed by atoms with Crippen molar-refractivity contribution in [2.24, 2.45) is 9.98 Å². The first-order valence-corrected chi connectivity index (χ1v) is 11.5. The van der Waals surface area contributed by atoms with Gasteiger partial charge in [0.25, 0.3) is 0 Å². The first kappa shape index (κ1) is 25.2. The van der Waals surface area contributed by atoms with Crippen molar-refractivity contribution in [3.8, 4) is 17.2 Å². The second-order valence-corrected chi connectivity index (χ2v) is 8.19. The fraction of sp³-hybridized carbons (Fsp3) is 0.346. The zero-order chi connectivity index (χ0) is 25.7. The van der Waals surface area contributed by atoms with Crippen LogP contribution in [0.4, 0.5) is 10.1 Å². The number of fused-ring (bicyclic) bond motifs is 1. The highest BCUT2D eigenvalue weighted by atomic mass is 19.1. The average molecular weight is 497 g/mol. The number of benzene rings is 2. The van der Waals surface area contributed by atoms with Crippen molar-refractivity contribution in [1.82, 2.24) is 9.88 Å². The molecule has 0 atom stereocenters. The quantitative estimate of drug-likeness (QED) is 0.375. The van der Waals surface area contributed by atoms with Gasteiger partial charge in [0.15, 0.2) is 23.1 Å². The summed E-state index contributed by atoms with van der Waals surface area (Å²) in [5, 5.41) is 0.426. The van der Waals surface area contributed by atoms with Gasteiger partial charge in [-0.15, -0.1) is 0 Å². The molecule has 2 heterocycles. The molecule has 4 rings (SSSR count). The van der Waals surface area contributed by atoms with Gasteiger partial charge in [-0.1, -0.05) is 0 Å². The number of morpholine rings is 1. The Morgan fingerprint density at radius 2 is 1.97 bits per heavy atom. The minimum Gasteiger partial charge on any atom is -0.493 e. The highest BCUT2D eigenvalue weighted by Gasteiger charge is 2.21. The van der Waals surface area contributed by atoms with Gasteiger partial charge < -0.3 is 28.8 Å². The maximum Gasteiger partial charge on any atom is 0.226 e. The van der Waals surface area contributed by atoms with E-state index in [0.717, 1.165) is 5.69 Å². The zero-order valence-electron chi connectivity index (χ0n) is 20.6. The number of nitrogens with one attached hydrogen (secondary N) is 1. The first-order chi connectivity index (χ1) is 17.4. The Kier molecular flexibility index (Phi) is 7.84. The molecule has 0 bridgehead atoms. The highest BCUT2D eigenvalue weighted by Crippen LogP contribution is 2.36. The van der Waals surface area contributed by atoms with E-state index in [2.05, 4.69) is 21.7 Å². The van der Waals surface area contributed by atoms with E-state index in [4.69, 9.17) is 18.9 Å². The van der Waals surface area contributed by atoms with Gasteiger partial charge in [-0.25, -0.2) is 4.39 Å². The number of nitrogens with zero attached hydrogens (tertiary/aromatic N) is 3. The lowest BCUT2D eigenvalue weighted by Crippen LogP contribution is -2.41. The summed E-state index contributed by atoms with van der Waals surface area (Å²) in [6.45, 7) is 7.90. The van der Waals surface area contributed by atoms with Gasteiger partial charge in [-0.05, 0) is 37.9 Å². The number of rotatable bonds is 8. The van der Waals surface area contributed by atoms with E-state index in [1.165, 1.54) is 14.2 Å². The van der Waals surface area contributed by atoms with Crippen LogP contribution in [-0.4, -0.2) is 75.5 Å². The Labute approximate surface area is 208 Å². The zero-order valence-corrected chi connectivity index (χ0v) is 20.6. The molecule has 3 aromatic rings. The smallest absolute Gasteiger partial charge is 0.226 e. The summed E-state index contributed by atoms with van der Waals surface area (Å²) in [5.41, 5.74) is 2.38. The Hall–Kier alpha value is -3.92. The van der Waals surface area contributed by atoms with E-state index >= 15 is 4.39 Å². The van der Waals surface area contributed by atoms with Crippen LogP contribution < -0.4 is 14.2 Å². The van der Waals surface area contributed by atoms with E-state index < -0.39 is 5.82 Å². The summed E-state index contributed by atoms with van der Waals surface area (Å²) in [6, 6.07) is 8.28. The topological polar surface area (TPSA) is 97.7 Å². The molecule has 0 unspecified atom stereocenters. The molecule has 1 aliphatic heterocycles. The van der Waals surface area contributed by atoms with Crippen LogP contribution in [0.15, 0.2) is 40.3 Å². The Balaban J connectivity index is 1.53. The van der Waals surface area contributed by atoms with E-state index in [0.29, 0.717) is 60.0 Å². The van der Waals surface area contributed by atoms with Crippen molar-refractivity contribution < 1.29 is 28.1 Å². The van der Waals surface area contributed by atoms with Gasteiger partial charge in [-0.2, -0.15) is 0 Å². The second kappa shape index (κ2) is 11.2. The molecule has 2 aromatic carbocycles. The lowest BCUT2D eigenvalue weighted by molar-refractivity contribution is -0.135. The molecular weight excluding hydrogens is 467 g/mol. The summed E-state index contributed by atoms with van der Waals surface area (Å²) >= 11 is 0. The molecule has 1 aliphatic rings. The number of hydrogen-bond acceptors (Lipinski definition) is 7. The minimum absolute atomic E-state index is 0.00127. The molecule has 0 aliphatic carbocycles. The maximum atomic E-state index is 15.1. The summed E-state index contributed by atoms with van der Waals surface area (Å²) in [4.78, 5) is 25.5. The minimum atomic E-state index is -0.497. The number of methoxy groups -OCH3 is 1. The van der Waals surface area contributed by atoms with Gasteiger partial charge in [0.05, 0.1) is 44.6 Å². The van der Waals surface area contributed by atoms with Crippen LogP contribution in [0.2, 0.25) is 0 Å². The van der Waals surface area contributed by atoms with Crippen LogP contribution in [0.1, 0.15) is 17.7 Å². The van der Waals surface area contributed by atoms with E-state index in [-0.39, 0.29) is 30.6 Å². The molecule has 9 nitrogen and oxygen atoms in total. The van der Waals surface area contributed by atoms with Crippen molar-refractivity contribution in [3.63, 3.8) is 0 Å². The van der Waals surface area contributed by atoms with Gasteiger partial charge in [-0.3, -0.25) is 14.8 Å². The molecule has 1 aromatic heterocycles. The van der Waals surface area contributed by atoms with E-state index in [1.807, 2.05) is 6.92 Å². The molecule has 1 amide bonds. The van der Waals surface area contributed by atoms with Crippen LogP contribution in [0, 0.1) is 12.7 Å². The van der Waals surface area contributed by atoms with Gasteiger partial charge >= 0.3 is 0 Å². The lowest BCUT2D eigenvalue weighted by atomic mass is 10.1. The summed E-state index contributed by atoms with van der Waals surface area (Å²) in [7, 11) is 3.03. The molecule has 0 spiro atoms. The standard InChI is InChI=1S/C26H29FN4O5/c1-16-13-17-19(30-16)5-6-21(25(17)27)36-26(29-3)18-14-22(33-4)23(15-20(18)28-2)35-10-7-24(32)31-8-11-34-12-9-31/h5-6,13-15,30H,2,7-12H2,1,3-4H3. The average Bonchev–Trinajstić information content (AvgIpc) is 3.29. The number of hydrogen-bond donors (Lipinski definition) is 1. The second-order valence-electron chi connectivity index (χ2n) is 8.19. The van der Waals surface area contributed by atoms with Crippen molar-refractivity contribution in [2.75, 3.05) is 47.1 Å². The molecule has 1 saturated heterocycles. The number of aromatic nitrogens is 1. The van der Waals surface area contributed by atoms with Crippen LogP contribution in [0.3, 0.4) is 0 Å². The number of aryl methyl sites for hydroxylation is 1. The molecule has 1 fully saturated rings. The number of halogens is 1. The van der Waals surface area contributed by atoms with Crippen LogP contribution >= 0.6 is 0 Å². The number of H-pyrrole nitrogens is 1. The van der Waals surface area contributed by atoms with E-state index in [1.54, 1.807) is 35.2 Å². The molecule has 1 N–H and O–H groups in total. The van der Waals surface area contributed by atoms with Crippen LogP contribution in [0.25, 0.3) is 10.9 Å². The predicted molar refractivity (Wildman–Crippen MR) is 136 cm³/mol. The first-order valence-electron chi connectivity index (χ1n) is 11.5. The van der Waals surface area contributed by atoms with Crippen molar-refractivity contribution in [2.45, 2.75) is 13.3 Å². The number of aliphatic imine (C=N–C) groups is 2. The Bertz CT molecular complexity index is 1300. The third-order valence-corrected chi connectivity index (χ3v) is 5.87. The number of aromatic amines is 1. The molecule has 0 radical (unpaired) electrons. The highest BCUT2D eigenvalue weighted by molar-refractivity contribution is 6.01. The third-order valence-electron chi connectivity index (χ3n) is 5.87. The number of carbonyl (C=O) groups is 1. The van der Waals surface area contributed by atoms with Crippen LogP contribution in [-0.2, 0) is 9.53 Å². The predicted octanol–water partition coefficient (Wildman–Crippen LogP) is 4.04. The van der Waals surface area contributed by atoms with Crippen molar-refractivity contribution >= 4 is 35.1 Å². The number of ether oxygens (including phenoxy) is 4. The van der Waals surface area contributed by atoms with Crippen molar-refractivity contribution in [1.29, 1.82) is 0 Å². The number of amides is 1. The van der Waals surface area contributed by atoms with Crippen molar-refractivity contribution in [3.05, 3.63) is 47.4 Å². The molecule has 10 heteroatoms.